The third-order valence-corrected chi connectivity index (χ3v) is 3.67. The molecule has 148 valence electrons. The predicted molar refractivity (Wildman–Crippen MR) is 103 cm³/mol. The molecule has 0 atom stereocenters. The quantitative estimate of drug-likeness (QED) is 0.426. The molecule has 0 aliphatic rings. The molecule has 2 N–H and O–H groups in total. The van der Waals surface area contributed by atoms with Gasteiger partial charge in [0.05, 0.1) is 40.3 Å². The summed E-state index contributed by atoms with van der Waals surface area (Å²) in [4.78, 5) is 24.0. The number of carbonyl (C=O) groups excluding carboxylic acids is 2. The lowest BCUT2D eigenvalue weighted by molar-refractivity contribution is -0.136. The van der Waals surface area contributed by atoms with Gasteiger partial charge in [0.2, 0.25) is 0 Å². The van der Waals surface area contributed by atoms with Gasteiger partial charge in [-0.05, 0) is 24.3 Å². The van der Waals surface area contributed by atoms with Crippen LogP contribution in [0.5, 0.6) is 23.0 Å². The first kappa shape index (κ1) is 20.6. The summed E-state index contributed by atoms with van der Waals surface area (Å²) < 4.78 is 20.6. The molecular weight excluding hydrogens is 366 g/mol. The number of hydrogen-bond acceptors (Lipinski definition) is 7. The Labute approximate surface area is 162 Å². The number of benzene rings is 2. The number of amides is 2. The molecule has 0 aromatic heterocycles. The lowest BCUT2D eigenvalue weighted by Gasteiger charge is -2.11. The Balaban J connectivity index is 2.01. The third kappa shape index (κ3) is 5.13. The van der Waals surface area contributed by atoms with E-state index in [1.165, 1.54) is 27.5 Å². The van der Waals surface area contributed by atoms with Gasteiger partial charge in [0.15, 0.2) is 0 Å². The van der Waals surface area contributed by atoms with Gasteiger partial charge in [-0.2, -0.15) is 5.10 Å². The zero-order chi connectivity index (χ0) is 20.5. The molecule has 0 saturated carbocycles. The number of methoxy groups -OCH3 is 4. The summed E-state index contributed by atoms with van der Waals surface area (Å²) >= 11 is 0. The van der Waals surface area contributed by atoms with Gasteiger partial charge >= 0.3 is 11.8 Å². The lowest BCUT2D eigenvalue weighted by Crippen LogP contribution is -2.32. The minimum Gasteiger partial charge on any atom is -0.497 e. The van der Waals surface area contributed by atoms with Crippen LogP contribution < -0.4 is 29.7 Å². The molecule has 2 aromatic rings. The van der Waals surface area contributed by atoms with E-state index in [0.717, 1.165) is 0 Å². The fraction of sp³-hybridized carbons (Fsp3) is 0.211. The van der Waals surface area contributed by atoms with Crippen molar-refractivity contribution in [3.8, 4) is 23.0 Å². The number of nitrogens with one attached hydrogen (secondary N) is 2. The van der Waals surface area contributed by atoms with E-state index in [4.69, 9.17) is 18.9 Å². The SMILES string of the molecule is COc1ccc(/C=N\NC(=O)C(=O)Nc2ccc(OC)cc2OC)c(OC)c1. The van der Waals surface area contributed by atoms with E-state index in [-0.39, 0.29) is 0 Å². The summed E-state index contributed by atoms with van der Waals surface area (Å²) in [5.74, 6) is 0.184. The Morgan fingerprint density at radius 2 is 1.43 bits per heavy atom. The molecule has 0 heterocycles. The number of hydrazone groups is 1. The van der Waals surface area contributed by atoms with Crippen molar-refractivity contribution in [3.63, 3.8) is 0 Å². The van der Waals surface area contributed by atoms with Crippen LogP contribution in [0.25, 0.3) is 0 Å². The molecule has 0 unspecified atom stereocenters. The molecule has 9 heteroatoms. The van der Waals surface area contributed by atoms with Crippen LogP contribution in [0.1, 0.15) is 5.56 Å². The zero-order valence-corrected chi connectivity index (χ0v) is 15.9. The Morgan fingerprint density at radius 1 is 0.821 bits per heavy atom. The van der Waals surface area contributed by atoms with Crippen LogP contribution in [-0.4, -0.2) is 46.5 Å². The topological polar surface area (TPSA) is 107 Å². The summed E-state index contributed by atoms with van der Waals surface area (Å²) in [7, 11) is 5.99. The molecule has 28 heavy (non-hydrogen) atoms. The number of nitrogens with zero attached hydrogens (tertiary/aromatic N) is 1. The molecule has 0 spiro atoms. The molecule has 9 nitrogen and oxygen atoms in total. The van der Waals surface area contributed by atoms with E-state index in [2.05, 4.69) is 15.8 Å². The van der Waals surface area contributed by atoms with Gasteiger partial charge in [0.25, 0.3) is 0 Å². The van der Waals surface area contributed by atoms with Gasteiger partial charge in [-0.3, -0.25) is 9.59 Å². The van der Waals surface area contributed by atoms with Gasteiger partial charge < -0.3 is 24.3 Å². The van der Waals surface area contributed by atoms with Crippen LogP contribution in [0, 0.1) is 0 Å². The van der Waals surface area contributed by atoms with Gasteiger partial charge in [0, 0.05) is 17.7 Å². The number of ether oxygens (including phenoxy) is 4. The van der Waals surface area contributed by atoms with Crippen LogP contribution in [0.15, 0.2) is 41.5 Å². The van der Waals surface area contributed by atoms with Crippen molar-refractivity contribution < 1.29 is 28.5 Å². The number of hydrogen-bond donors (Lipinski definition) is 2. The van der Waals surface area contributed by atoms with E-state index in [0.29, 0.717) is 34.2 Å². The Hall–Kier alpha value is -3.75. The highest BCUT2D eigenvalue weighted by Crippen LogP contribution is 2.29. The minimum atomic E-state index is -0.943. The Morgan fingerprint density at radius 3 is 2.04 bits per heavy atom. The first-order valence-corrected chi connectivity index (χ1v) is 8.10. The van der Waals surface area contributed by atoms with Gasteiger partial charge in [0.1, 0.15) is 23.0 Å². The Kier molecular flexibility index (Phi) is 7.21. The molecule has 0 aliphatic heterocycles. The first-order chi connectivity index (χ1) is 13.5. The molecule has 2 aromatic carbocycles. The summed E-state index contributed by atoms with van der Waals surface area (Å²) in [6.07, 6.45) is 1.36. The fourth-order valence-corrected chi connectivity index (χ4v) is 2.22. The number of anilines is 1. The second-order valence-corrected chi connectivity index (χ2v) is 5.33. The number of rotatable bonds is 7. The van der Waals surface area contributed by atoms with Crippen molar-refractivity contribution in [2.45, 2.75) is 0 Å². The molecule has 2 amide bonds. The van der Waals surface area contributed by atoms with Gasteiger partial charge in [-0.1, -0.05) is 0 Å². The lowest BCUT2D eigenvalue weighted by atomic mass is 10.2. The maximum atomic E-state index is 12.1. The summed E-state index contributed by atoms with van der Waals surface area (Å²) in [6, 6.07) is 9.87. The van der Waals surface area contributed by atoms with E-state index in [9.17, 15) is 9.59 Å². The molecule has 0 saturated heterocycles. The van der Waals surface area contributed by atoms with Crippen LogP contribution in [0.2, 0.25) is 0 Å². The van der Waals surface area contributed by atoms with E-state index < -0.39 is 11.8 Å². The van der Waals surface area contributed by atoms with Crippen molar-refractivity contribution in [1.29, 1.82) is 0 Å². The maximum Gasteiger partial charge on any atom is 0.329 e. The normalized spacial score (nSPS) is 10.3. The van der Waals surface area contributed by atoms with Crippen LogP contribution >= 0.6 is 0 Å². The molecule has 0 fully saturated rings. The van der Waals surface area contributed by atoms with Crippen LogP contribution in [0.4, 0.5) is 5.69 Å². The summed E-state index contributed by atoms with van der Waals surface area (Å²) in [5.41, 5.74) is 3.08. The third-order valence-electron chi connectivity index (χ3n) is 3.67. The van der Waals surface area contributed by atoms with Crippen molar-refractivity contribution in [1.82, 2.24) is 5.43 Å². The van der Waals surface area contributed by atoms with Gasteiger partial charge in [-0.25, -0.2) is 5.43 Å². The standard InChI is InChI=1S/C19H21N3O6/c1-25-13-6-5-12(16(9-13)27-3)11-20-22-19(24)18(23)21-15-8-7-14(26-2)10-17(15)28-4/h5-11H,1-4H3,(H,21,23)(H,22,24)/b20-11-. The second kappa shape index (κ2) is 9.81. The highest BCUT2D eigenvalue weighted by atomic mass is 16.5. The average Bonchev–Trinajstić information content (AvgIpc) is 2.73. The molecule has 0 aliphatic carbocycles. The molecule has 0 bridgehead atoms. The Bertz CT molecular complexity index is 882. The zero-order valence-electron chi connectivity index (χ0n) is 15.9. The first-order valence-electron chi connectivity index (χ1n) is 8.10. The van der Waals surface area contributed by atoms with E-state index in [1.54, 1.807) is 43.5 Å². The minimum absolute atomic E-state index is 0.323. The van der Waals surface area contributed by atoms with E-state index in [1.807, 2.05) is 0 Å². The van der Waals surface area contributed by atoms with Crippen molar-refractivity contribution in [3.05, 3.63) is 42.0 Å². The smallest absolute Gasteiger partial charge is 0.329 e. The van der Waals surface area contributed by atoms with Crippen LogP contribution in [0.3, 0.4) is 0 Å². The molecule has 0 radical (unpaired) electrons. The predicted octanol–water partition coefficient (Wildman–Crippen LogP) is 1.81. The summed E-state index contributed by atoms with van der Waals surface area (Å²) in [6.45, 7) is 0. The second-order valence-electron chi connectivity index (χ2n) is 5.33. The molecule has 2 rings (SSSR count). The van der Waals surface area contributed by atoms with Crippen LogP contribution in [-0.2, 0) is 9.59 Å². The van der Waals surface area contributed by atoms with E-state index >= 15 is 0 Å². The van der Waals surface area contributed by atoms with Crippen molar-refractivity contribution in [2.24, 2.45) is 5.10 Å². The highest BCUT2D eigenvalue weighted by Gasteiger charge is 2.16. The average molecular weight is 387 g/mol. The number of carbonyl (C=O) groups is 2. The largest absolute Gasteiger partial charge is 0.497 e. The monoisotopic (exact) mass is 387 g/mol. The highest BCUT2D eigenvalue weighted by molar-refractivity contribution is 6.39. The maximum absolute atomic E-state index is 12.1. The van der Waals surface area contributed by atoms with Crippen molar-refractivity contribution in [2.75, 3.05) is 33.8 Å². The fourth-order valence-electron chi connectivity index (χ4n) is 2.22. The summed E-state index contributed by atoms with van der Waals surface area (Å²) in [5, 5.41) is 6.23. The molecular formula is C19H21N3O6. The van der Waals surface area contributed by atoms with Crippen molar-refractivity contribution >= 4 is 23.7 Å². The van der Waals surface area contributed by atoms with Gasteiger partial charge in [-0.15, -0.1) is 0 Å².